The van der Waals surface area contributed by atoms with Crippen LogP contribution in [0.25, 0.3) is 0 Å². The minimum absolute atomic E-state index is 0.0564. The Hall–Kier alpha value is 0.1000. The minimum Gasteiger partial charge on any atom is -0.200 e. The number of unbranched alkanes of at least 4 members (excludes halogenated alkanes) is 10. The largest absolute Gasteiger partial charge is 0.460 e. The molecule has 10 heteroatoms. The molecule has 0 N–H and O–H groups in total. The summed E-state index contributed by atoms with van der Waals surface area (Å²) >= 11 is 1.41. The van der Waals surface area contributed by atoms with Crippen molar-refractivity contribution in [3.8, 4) is 0 Å². The second-order valence-electron chi connectivity index (χ2n) is 7.48. The summed E-state index contributed by atoms with van der Waals surface area (Å²) in [7, 11) is 0. The number of alkyl halides is 10. The maximum atomic E-state index is 13.6. The molecule has 29 heavy (non-hydrogen) atoms. The van der Waals surface area contributed by atoms with Crippen LogP contribution in [-0.2, 0) is 0 Å². The van der Waals surface area contributed by atoms with Crippen LogP contribution in [0.3, 0.4) is 0 Å². The first kappa shape index (κ1) is 29.1. The van der Waals surface area contributed by atoms with Gasteiger partial charge in [-0.25, -0.2) is 0 Å². The lowest BCUT2D eigenvalue weighted by Gasteiger charge is -2.34. The average molecular weight is 556 g/mol. The molecule has 0 amide bonds. The zero-order valence-corrected chi connectivity index (χ0v) is 18.7. The molecule has 1 atom stereocenters. The predicted octanol–water partition coefficient (Wildman–Crippen LogP) is 9.35. The molecule has 0 saturated carbocycles. The summed E-state index contributed by atoms with van der Waals surface area (Å²) in [6.45, 7) is 2.14. The third kappa shape index (κ3) is 9.41. The number of hydrogen-bond donors (Lipinski definition) is 0. The first-order valence-corrected chi connectivity index (χ1v) is 11.3. The van der Waals surface area contributed by atoms with Crippen LogP contribution in [0.15, 0.2) is 0 Å². The van der Waals surface area contributed by atoms with E-state index in [1.54, 1.807) is 0 Å². The maximum Gasteiger partial charge on any atom is 0.460 e. The first-order chi connectivity index (χ1) is 13.2. The van der Waals surface area contributed by atoms with Crippen molar-refractivity contribution >= 4 is 22.6 Å². The van der Waals surface area contributed by atoms with Gasteiger partial charge in [0.05, 0.1) is 0 Å². The Labute approximate surface area is 180 Å². The highest BCUT2D eigenvalue weighted by Crippen LogP contribution is 2.54. The van der Waals surface area contributed by atoms with Crippen LogP contribution in [0.5, 0.6) is 0 Å². The van der Waals surface area contributed by atoms with Gasteiger partial charge in [0.2, 0.25) is 0 Å². The Balaban J connectivity index is 4.17. The molecule has 0 aromatic rings. The standard InChI is InChI=1S/C19H30F9I/c1-2-3-4-5-6-7-8-9-10-11-12-13-15(29)14-16(20,21)17(22,23)18(24,25)19(26,27)28/h15H,2-14H2,1H3. The summed E-state index contributed by atoms with van der Waals surface area (Å²) in [5.74, 6) is -18.8. The third-order valence-corrected chi connectivity index (χ3v) is 5.87. The monoisotopic (exact) mass is 556 g/mol. The molecule has 0 aliphatic rings. The van der Waals surface area contributed by atoms with E-state index in [0.717, 1.165) is 25.7 Å². The molecule has 176 valence electrons. The Kier molecular flexibility index (Phi) is 12.9. The molecule has 0 aromatic heterocycles. The van der Waals surface area contributed by atoms with Crippen molar-refractivity contribution in [1.29, 1.82) is 0 Å². The predicted molar refractivity (Wildman–Crippen MR) is 104 cm³/mol. The van der Waals surface area contributed by atoms with Crippen molar-refractivity contribution in [1.82, 2.24) is 0 Å². The van der Waals surface area contributed by atoms with E-state index >= 15 is 0 Å². The molecule has 0 aromatic carbocycles. The highest BCUT2D eigenvalue weighted by Gasteiger charge is 2.81. The Bertz CT molecular complexity index is 436. The third-order valence-electron chi connectivity index (χ3n) is 4.81. The molecule has 0 aliphatic heterocycles. The van der Waals surface area contributed by atoms with Gasteiger partial charge in [-0.3, -0.25) is 0 Å². The summed E-state index contributed by atoms with van der Waals surface area (Å²) in [6.07, 6.45) is 2.68. The van der Waals surface area contributed by atoms with Gasteiger partial charge >= 0.3 is 23.9 Å². The van der Waals surface area contributed by atoms with Crippen molar-refractivity contribution in [2.24, 2.45) is 0 Å². The fraction of sp³-hybridized carbons (Fsp3) is 1.00. The van der Waals surface area contributed by atoms with Gasteiger partial charge in [-0.1, -0.05) is 100 Å². The topological polar surface area (TPSA) is 0 Å². The van der Waals surface area contributed by atoms with Crippen molar-refractivity contribution in [3.05, 3.63) is 0 Å². The molecule has 0 saturated heterocycles. The lowest BCUT2D eigenvalue weighted by atomic mass is 9.97. The number of halogens is 10. The van der Waals surface area contributed by atoms with E-state index in [1.807, 2.05) is 0 Å². The number of hydrogen-bond acceptors (Lipinski definition) is 0. The molecule has 0 bridgehead atoms. The van der Waals surface area contributed by atoms with Crippen LogP contribution in [0, 0.1) is 0 Å². The van der Waals surface area contributed by atoms with Gasteiger partial charge in [-0.05, 0) is 6.42 Å². The SMILES string of the molecule is CCCCCCCCCCCCCC(I)CC(F)(F)C(F)(F)C(F)(F)C(F)(F)F. The van der Waals surface area contributed by atoms with Crippen molar-refractivity contribution < 1.29 is 39.5 Å². The van der Waals surface area contributed by atoms with Crippen LogP contribution in [0.4, 0.5) is 39.5 Å². The molecular formula is C19H30F9I. The molecule has 0 fully saturated rings. The van der Waals surface area contributed by atoms with Crippen LogP contribution in [0.1, 0.15) is 90.4 Å². The second-order valence-corrected chi connectivity index (χ2v) is 9.24. The van der Waals surface area contributed by atoms with E-state index in [2.05, 4.69) is 6.92 Å². The fourth-order valence-corrected chi connectivity index (χ4v) is 3.94. The molecule has 0 rings (SSSR count). The summed E-state index contributed by atoms with van der Waals surface area (Å²) in [4.78, 5) is 0. The van der Waals surface area contributed by atoms with E-state index < -0.39 is 34.3 Å². The second kappa shape index (κ2) is 12.8. The van der Waals surface area contributed by atoms with Crippen molar-refractivity contribution in [3.63, 3.8) is 0 Å². The fourth-order valence-electron chi connectivity index (χ4n) is 2.95. The first-order valence-electron chi connectivity index (χ1n) is 10.0. The minimum atomic E-state index is -6.80. The van der Waals surface area contributed by atoms with Crippen LogP contribution in [0.2, 0.25) is 0 Å². The Morgan fingerprint density at radius 2 is 0.966 bits per heavy atom. The van der Waals surface area contributed by atoms with Gasteiger partial charge in [0.15, 0.2) is 0 Å². The normalized spacial score (nSPS) is 15.0. The van der Waals surface area contributed by atoms with Gasteiger partial charge in [-0.15, -0.1) is 0 Å². The van der Waals surface area contributed by atoms with Gasteiger partial charge in [0.1, 0.15) is 0 Å². The zero-order valence-electron chi connectivity index (χ0n) is 16.5. The zero-order chi connectivity index (χ0) is 22.8. The van der Waals surface area contributed by atoms with E-state index in [0.29, 0.717) is 12.8 Å². The summed E-state index contributed by atoms with van der Waals surface area (Å²) in [6, 6.07) is 0. The molecule has 0 nitrogen and oxygen atoms in total. The van der Waals surface area contributed by atoms with E-state index in [4.69, 9.17) is 0 Å². The quantitative estimate of drug-likeness (QED) is 0.0770. The Morgan fingerprint density at radius 1 is 0.586 bits per heavy atom. The van der Waals surface area contributed by atoms with Crippen LogP contribution < -0.4 is 0 Å². The maximum absolute atomic E-state index is 13.6. The lowest BCUT2D eigenvalue weighted by Crippen LogP contribution is -2.61. The summed E-state index contributed by atoms with van der Waals surface area (Å²) < 4.78 is 114. The molecule has 1 unspecified atom stereocenters. The number of rotatable bonds is 16. The molecule has 0 radical (unpaired) electrons. The molecule has 0 spiro atoms. The van der Waals surface area contributed by atoms with Crippen molar-refractivity contribution in [2.75, 3.05) is 0 Å². The molecule has 0 heterocycles. The van der Waals surface area contributed by atoms with Gasteiger partial charge in [0.25, 0.3) is 0 Å². The van der Waals surface area contributed by atoms with Gasteiger partial charge < -0.3 is 0 Å². The Morgan fingerprint density at radius 3 is 1.34 bits per heavy atom. The van der Waals surface area contributed by atoms with E-state index in [9.17, 15) is 39.5 Å². The van der Waals surface area contributed by atoms with Crippen LogP contribution >= 0.6 is 22.6 Å². The van der Waals surface area contributed by atoms with Gasteiger partial charge in [0, 0.05) is 10.3 Å². The summed E-state index contributed by atoms with van der Waals surface area (Å²) in [5.41, 5.74) is 0. The molecule has 0 aliphatic carbocycles. The van der Waals surface area contributed by atoms with E-state index in [-0.39, 0.29) is 6.42 Å². The lowest BCUT2D eigenvalue weighted by molar-refractivity contribution is -0.396. The van der Waals surface area contributed by atoms with Gasteiger partial charge in [-0.2, -0.15) is 39.5 Å². The highest BCUT2D eigenvalue weighted by molar-refractivity contribution is 14.1. The summed E-state index contributed by atoms with van der Waals surface area (Å²) in [5, 5.41) is 0. The molecular weight excluding hydrogens is 526 g/mol. The van der Waals surface area contributed by atoms with Crippen molar-refractivity contribution in [2.45, 2.75) is 118 Å². The average Bonchev–Trinajstić information content (AvgIpc) is 2.57. The smallest absolute Gasteiger partial charge is 0.200 e. The van der Waals surface area contributed by atoms with Crippen LogP contribution in [-0.4, -0.2) is 27.9 Å². The van der Waals surface area contributed by atoms with E-state index in [1.165, 1.54) is 54.7 Å². The highest BCUT2D eigenvalue weighted by atomic mass is 127.